The second kappa shape index (κ2) is 15.8. The van der Waals surface area contributed by atoms with Crippen molar-refractivity contribution in [2.75, 3.05) is 44.3 Å². The van der Waals surface area contributed by atoms with E-state index in [9.17, 15) is 23.1 Å². The molecular formula is C30H50N4O7S. The van der Waals surface area contributed by atoms with E-state index in [0.29, 0.717) is 18.9 Å². The zero-order valence-corrected chi connectivity index (χ0v) is 26.6. The number of urea groups is 1. The van der Waals surface area contributed by atoms with Crippen LogP contribution >= 0.6 is 0 Å². The van der Waals surface area contributed by atoms with E-state index in [1.54, 1.807) is 35.9 Å². The molecule has 1 fully saturated rings. The number of hydrogen-bond acceptors (Lipinski definition) is 7. The predicted octanol–water partition coefficient (Wildman–Crippen LogP) is 3.83. The number of fused-ring (bicyclic) bond motifs is 1. The number of aliphatic hydroxyl groups is 1. The third kappa shape index (κ3) is 10.3. The van der Waals surface area contributed by atoms with Gasteiger partial charge in [0.1, 0.15) is 5.75 Å². The molecule has 1 aromatic rings. The van der Waals surface area contributed by atoms with Gasteiger partial charge in [-0.15, -0.1) is 0 Å². The van der Waals surface area contributed by atoms with Gasteiger partial charge in [0, 0.05) is 44.4 Å². The molecule has 3 N–H and O–H groups in total. The molecule has 3 rings (SSSR count). The first kappa shape index (κ1) is 33.9. The average Bonchev–Trinajstić information content (AvgIpc) is 2.94. The Balaban J connectivity index is 1.88. The Bertz CT molecular complexity index is 1140. The van der Waals surface area contributed by atoms with Crippen molar-refractivity contribution < 1.29 is 32.6 Å². The van der Waals surface area contributed by atoms with Crippen LogP contribution in [0.2, 0.25) is 0 Å². The van der Waals surface area contributed by atoms with Crippen LogP contribution in [0, 0.1) is 5.92 Å². The number of carbonyl (C=O) groups excluding carboxylic acids is 2. The normalized spacial score (nSPS) is 24.1. The molecule has 1 heterocycles. The summed E-state index contributed by atoms with van der Waals surface area (Å²) in [5.74, 6) is -0.211. The van der Waals surface area contributed by atoms with Crippen LogP contribution in [0.1, 0.15) is 82.5 Å². The minimum absolute atomic E-state index is 0.125. The summed E-state index contributed by atoms with van der Waals surface area (Å²) in [7, 11) is -1.80. The highest BCUT2D eigenvalue weighted by Gasteiger charge is 2.31. The number of sulfonamides is 1. The Hall–Kier alpha value is -2.57. The summed E-state index contributed by atoms with van der Waals surface area (Å²) >= 11 is 0. The largest absolute Gasteiger partial charge is 0.490 e. The maximum Gasteiger partial charge on any atom is 0.317 e. The minimum atomic E-state index is -3.57. The zero-order valence-electron chi connectivity index (χ0n) is 25.8. The highest BCUT2D eigenvalue weighted by molar-refractivity contribution is 7.92. The van der Waals surface area contributed by atoms with Gasteiger partial charge in [0.2, 0.25) is 10.0 Å². The third-order valence-corrected chi connectivity index (χ3v) is 8.69. The van der Waals surface area contributed by atoms with Crippen molar-refractivity contribution >= 4 is 27.6 Å². The van der Waals surface area contributed by atoms with E-state index in [0.717, 1.165) is 51.2 Å². The van der Waals surface area contributed by atoms with Crippen molar-refractivity contribution in [3.8, 4) is 5.75 Å². The van der Waals surface area contributed by atoms with E-state index in [1.807, 2.05) is 13.8 Å². The summed E-state index contributed by atoms with van der Waals surface area (Å²) in [4.78, 5) is 30.3. The number of aliphatic hydroxyl groups excluding tert-OH is 1. The number of ether oxygens (including phenoxy) is 2. The molecule has 4 atom stereocenters. The number of nitrogens with one attached hydrogen (secondary N) is 2. The van der Waals surface area contributed by atoms with E-state index in [4.69, 9.17) is 9.47 Å². The fourth-order valence-electron chi connectivity index (χ4n) is 5.55. The summed E-state index contributed by atoms with van der Waals surface area (Å²) in [5, 5.41) is 13.2. The lowest BCUT2D eigenvalue weighted by Gasteiger charge is -2.36. The quantitative estimate of drug-likeness (QED) is 0.427. The van der Waals surface area contributed by atoms with Gasteiger partial charge in [-0.25, -0.2) is 13.2 Å². The molecule has 42 heavy (non-hydrogen) atoms. The SMILES string of the molecule is C[C@@H]1CCCCO[C@H](CN(C)C(=O)NC2CCCCC2)[C@H](C)CN([C@H](C)CO)C(=O)c2cc(NS(C)(=O)=O)ccc2O1. The first-order valence-electron chi connectivity index (χ1n) is 15.2. The Labute approximate surface area is 251 Å². The van der Waals surface area contributed by atoms with Crippen LogP contribution in [-0.2, 0) is 14.8 Å². The number of likely N-dealkylation sites (N-methyl/N-ethyl adjacent to an activating group) is 1. The summed E-state index contributed by atoms with van der Waals surface area (Å²) in [6, 6.07) is 4.21. The number of carbonyl (C=O) groups is 2. The Morgan fingerprint density at radius 1 is 1.14 bits per heavy atom. The van der Waals surface area contributed by atoms with Gasteiger partial charge in [-0.2, -0.15) is 0 Å². The van der Waals surface area contributed by atoms with Gasteiger partial charge in [0.25, 0.3) is 5.91 Å². The molecule has 11 nitrogen and oxygen atoms in total. The van der Waals surface area contributed by atoms with Crippen LogP contribution in [0.3, 0.4) is 0 Å². The number of amides is 3. The van der Waals surface area contributed by atoms with Crippen molar-refractivity contribution in [1.82, 2.24) is 15.1 Å². The zero-order chi connectivity index (χ0) is 30.9. The summed E-state index contributed by atoms with van der Waals surface area (Å²) in [5.41, 5.74) is 0.458. The third-order valence-electron chi connectivity index (χ3n) is 8.09. The number of rotatable bonds is 7. The first-order chi connectivity index (χ1) is 19.9. The summed E-state index contributed by atoms with van der Waals surface area (Å²) in [6.07, 6.45) is 8.38. The molecule has 0 saturated heterocycles. The topological polar surface area (TPSA) is 138 Å². The van der Waals surface area contributed by atoms with Gasteiger partial charge in [-0.3, -0.25) is 9.52 Å². The minimum Gasteiger partial charge on any atom is -0.490 e. The van der Waals surface area contributed by atoms with Crippen LogP contribution < -0.4 is 14.8 Å². The number of nitrogens with zero attached hydrogens (tertiary/aromatic N) is 2. The van der Waals surface area contributed by atoms with Crippen LogP contribution in [0.15, 0.2) is 18.2 Å². The van der Waals surface area contributed by atoms with Crippen molar-refractivity contribution in [2.45, 2.75) is 96.4 Å². The van der Waals surface area contributed by atoms with Gasteiger partial charge in [0.15, 0.2) is 0 Å². The van der Waals surface area contributed by atoms with Gasteiger partial charge >= 0.3 is 6.03 Å². The van der Waals surface area contributed by atoms with E-state index in [-0.39, 0.29) is 60.5 Å². The van der Waals surface area contributed by atoms with Crippen LogP contribution in [-0.4, -0.2) is 99.2 Å². The summed E-state index contributed by atoms with van der Waals surface area (Å²) in [6.45, 7) is 6.53. The number of benzene rings is 1. The van der Waals surface area contributed by atoms with Crippen molar-refractivity contribution in [1.29, 1.82) is 0 Å². The molecule has 1 aliphatic carbocycles. The smallest absolute Gasteiger partial charge is 0.317 e. The van der Waals surface area contributed by atoms with E-state index in [2.05, 4.69) is 10.0 Å². The molecule has 12 heteroatoms. The van der Waals surface area contributed by atoms with E-state index < -0.39 is 16.1 Å². The van der Waals surface area contributed by atoms with Crippen molar-refractivity contribution in [3.05, 3.63) is 23.8 Å². The van der Waals surface area contributed by atoms with Crippen LogP contribution in [0.25, 0.3) is 0 Å². The molecule has 3 amide bonds. The molecule has 1 saturated carbocycles. The van der Waals surface area contributed by atoms with Crippen LogP contribution in [0.4, 0.5) is 10.5 Å². The number of anilines is 1. The molecule has 238 valence electrons. The van der Waals surface area contributed by atoms with E-state index in [1.165, 1.54) is 12.5 Å². The molecule has 0 bridgehead atoms. The molecule has 0 aromatic heterocycles. The van der Waals surface area contributed by atoms with Crippen molar-refractivity contribution in [2.24, 2.45) is 5.92 Å². The highest BCUT2D eigenvalue weighted by Crippen LogP contribution is 2.29. The molecule has 0 unspecified atom stereocenters. The van der Waals surface area contributed by atoms with Gasteiger partial charge in [0.05, 0.1) is 36.7 Å². The predicted molar refractivity (Wildman–Crippen MR) is 163 cm³/mol. The Morgan fingerprint density at radius 3 is 2.50 bits per heavy atom. The van der Waals surface area contributed by atoms with Gasteiger partial charge < -0.3 is 29.7 Å². The molecule has 0 radical (unpaired) electrons. The van der Waals surface area contributed by atoms with Gasteiger partial charge in [-0.05, 0) is 64.2 Å². The highest BCUT2D eigenvalue weighted by atomic mass is 32.2. The monoisotopic (exact) mass is 610 g/mol. The molecule has 2 aliphatic rings. The lowest BCUT2D eigenvalue weighted by Crippen LogP contribution is -2.50. The Morgan fingerprint density at radius 2 is 1.83 bits per heavy atom. The molecular weight excluding hydrogens is 560 g/mol. The molecule has 0 spiro atoms. The van der Waals surface area contributed by atoms with Crippen molar-refractivity contribution in [3.63, 3.8) is 0 Å². The maximum absolute atomic E-state index is 14.1. The fourth-order valence-corrected chi connectivity index (χ4v) is 6.10. The standard InChI is InChI=1S/C30H50N4O7S/c1-21-18-34(22(2)20-35)29(36)26-17-25(32-42(5,38)39)14-15-27(26)41-23(3)11-9-10-16-40-28(21)19-33(4)30(37)31-24-12-7-6-8-13-24/h14-15,17,21-24,28,32,35H,6-13,16,18-20H2,1-5H3,(H,31,37)/t21-,22-,23-,28-/m1/s1. The fraction of sp³-hybridized carbons (Fsp3) is 0.733. The molecule has 1 aliphatic heterocycles. The van der Waals surface area contributed by atoms with E-state index >= 15 is 0 Å². The summed E-state index contributed by atoms with van der Waals surface area (Å²) < 4.78 is 38.8. The second-order valence-corrected chi connectivity index (χ2v) is 13.8. The van der Waals surface area contributed by atoms with Crippen LogP contribution in [0.5, 0.6) is 5.75 Å². The van der Waals surface area contributed by atoms with Gasteiger partial charge in [-0.1, -0.05) is 26.2 Å². The first-order valence-corrected chi connectivity index (χ1v) is 17.1. The number of hydrogen-bond donors (Lipinski definition) is 3. The lowest BCUT2D eigenvalue weighted by molar-refractivity contribution is -0.0123. The maximum atomic E-state index is 14.1. The average molecular weight is 611 g/mol. The second-order valence-electron chi connectivity index (χ2n) is 12.0. The lowest BCUT2D eigenvalue weighted by atomic mass is 9.96. The molecule has 1 aromatic carbocycles. The Kier molecular flexibility index (Phi) is 12.7.